The molecule has 3 saturated heterocycles. The van der Waals surface area contributed by atoms with Crippen LogP contribution in [0.1, 0.15) is 143 Å². The van der Waals surface area contributed by atoms with Gasteiger partial charge in [-0.2, -0.15) is 13.2 Å². The summed E-state index contributed by atoms with van der Waals surface area (Å²) in [6.45, 7) is 5.74. The molecule has 4 fully saturated rings. The van der Waals surface area contributed by atoms with Crippen LogP contribution in [0.3, 0.4) is 0 Å². The van der Waals surface area contributed by atoms with Crippen LogP contribution in [-0.2, 0) is 79.7 Å². The number of piperidine rings is 1. The van der Waals surface area contributed by atoms with E-state index < -0.39 is 218 Å². The molecule has 1 aromatic carbocycles. The number of nitrogens with one attached hydrogen (secondary N) is 3. The second-order valence-corrected chi connectivity index (χ2v) is 28.9. The van der Waals surface area contributed by atoms with Crippen LogP contribution in [-0.4, -0.2) is 295 Å². The zero-order valence-electron chi connectivity index (χ0n) is 62.0. The number of aryl methyl sites for hydroxylation is 1. The highest BCUT2D eigenvalue weighted by Crippen LogP contribution is 2.36. The third-order valence-electron chi connectivity index (χ3n) is 20.3. The molecule has 4 aliphatic rings. The lowest BCUT2D eigenvalue weighted by molar-refractivity contribution is -0.168. The van der Waals surface area contributed by atoms with Crippen molar-refractivity contribution in [3.63, 3.8) is 0 Å². The Hall–Kier alpha value is -7.77. The smallest absolute Gasteiger partial charge is 0.379 e. The summed E-state index contributed by atoms with van der Waals surface area (Å²) in [7, 11) is 10.2. The van der Waals surface area contributed by atoms with Gasteiger partial charge in [0, 0.05) is 76.1 Å². The van der Waals surface area contributed by atoms with Crippen molar-refractivity contribution in [1.29, 1.82) is 0 Å². The summed E-state index contributed by atoms with van der Waals surface area (Å²) < 4.78 is 76.4. The number of benzene rings is 1. The largest absolute Gasteiger partial charge is 0.417 e. The molecule has 0 spiro atoms. The molecular formula is C70H107ClF5N13O14. The van der Waals surface area contributed by atoms with Crippen LogP contribution in [0.5, 0.6) is 0 Å². The van der Waals surface area contributed by atoms with Gasteiger partial charge in [-0.05, 0) is 87.3 Å². The zero-order chi connectivity index (χ0) is 77.3. The molecule has 33 heteroatoms. The second kappa shape index (κ2) is 38.3. The van der Waals surface area contributed by atoms with Gasteiger partial charge in [0.25, 0.3) is 5.92 Å². The van der Waals surface area contributed by atoms with Crippen molar-refractivity contribution in [2.24, 2.45) is 17.8 Å². The Labute approximate surface area is 605 Å². The van der Waals surface area contributed by atoms with Gasteiger partial charge in [0.15, 0.2) is 0 Å². The highest BCUT2D eigenvalue weighted by Gasteiger charge is 2.49. The van der Waals surface area contributed by atoms with Gasteiger partial charge in [0.2, 0.25) is 76.8 Å². The minimum Gasteiger partial charge on any atom is -0.379 e. The number of halogens is 6. The monoisotopic (exact) mass is 1480 g/mol. The van der Waals surface area contributed by atoms with Crippen molar-refractivity contribution in [3.8, 4) is 0 Å². The molecule has 13 amide bonds. The number of carbonyl (C=O) groups is 13. The van der Waals surface area contributed by atoms with Crippen molar-refractivity contribution in [3.05, 3.63) is 34.3 Å². The van der Waals surface area contributed by atoms with E-state index in [1.807, 2.05) is 0 Å². The number of hydrogen-bond acceptors (Lipinski definition) is 14. The molecule has 1 aliphatic carbocycles. The summed E-state index contributed by atoms with van der Waals surface area (Å²) in [5.41, 5.74) is -1.03. The standard InChI is InChI=1S/C70H107ClF5N13O14/c1-15-31-103-39-50-64(98)87(14)60(42(3)4)68(102)86(13)53(66(100)88-29-21-18-22-30-88)35-55(91)83(10)44(6)61(95)79-59(43(5)16-2)67(101)82(9)37-57(93)80(7)38-58(94)84(11)52(33-45-23-19-17-20-24-45)65(99)81(8)36-54(90)77-49(28-26-46-25-27-47(48(71)32-46)70(74,75)76)63(97)85(12)51(62(96)78-50)34-56(92)89-40-69(72,73)41-89/h25,27,32,42-45,49-53,59-60H,15-24,26,28-31,33-41H2,1-14H3,(H,77,90)(H,78,96)(H,79,95)/t43-,44-,49-,50-,51-,52-,53?,59-,60-/m0/s1. The number of alkyl halides is 5. The van der Waals surface area contributed by atoms with Crippen LogP contribution in [0.2, 0.25) is 5.02 Å². The van der Waals surface area contributed by atoms with E-state index >= 15 is 19.2 Å². The molecule has 9 atom stereocenters. The molecule has 1 saturated carbocycles. The molecule has 3 heterocycles. The molecule has 1 aromatic rings. The highest BCUT2D eigenvalue weighted by atomic mass is 35.5. The molecular weight excluding hydrogens is 1380 g/mol. The number of nitrogens with zero attached hydrogens (tertiary/aromatic N) is 10. The van der Waals surface area contributed by atoms with Gasteiger partial charge in [-0.3, -0.25) is 62.3 Å². The predicted molar refractivity (Wildman–Crippen MR) is 370 cm³/mol. The van der Waals surface area contributed by atoms with E-state index in [9.17, 15) is 65.1 Å². The van der Waals surface area contributed by atoms with Gasteiger partial charge in [-0.1, -0.05) is 90.8 Å². The van der Waals surface area contributed by atoms with Crippen molar-refractivity contribution in [2.45, 2.75) is 198 Å². The quantitative estimate of drug-likeness (QED) is 0.167. The van der Waals surface area contributed by atoms with E-state index in [1.165, 1.54) is 61.2 Å². The summed E-state index contributed by atoms with van der Waals surface area (Å²) in [4.78, 5) is 201. The normalized spacial score (nSPS) is 25.6. The van der Waals surface area contributed by atoms with Gasteiger partial charge in [-0.15, -0.1) is 0 Å². The molecule has 1 unspecified atom stereocenters. The molecule has 5 rings (SSSR count). The Kier molecular flexibility index (Phi) is 31.9. The number of rotatable bonds is 15. The molecule has 0 aromatic heterocycles. The molecule has 0 radical (unpaired) electrons. The van der Waals surface area contributed by atoms with Crippen molar-refractivity contribution in [2.75, 3.05) is 115 Å². The minimum absolute atomic E-state index is 0.0150. The Bertz CT molecular complexity index is 3200. The highest BCUT2D eigenvalue weighted by molar-refractivity contribution is 6.31. The summed E-state index contributed by atoms with van der Waals surface area (Å²) in [6.07, 6.45) is -0.339. The maximum atomic E-state index is 15.3. The molecule has 27 nitrogen and oxygen atoms in total. The van der Waals surface area contributed by atoms with Gasteiger partial charge >= 0.3 is 6.18 Å². The number of amides is 13. The van der Waals surface area contributed by atoms with Gasteiger partial charge in [-0.25, -0.2) is 8.78 Å². The van der Waals surface area contributed by atoms with Gasteiger partial charge in [0.1, 0.15) is 48.3 Å². The zero-order valence-corrected chi connectivity index (χ0v) is 62.8. The maximum absolute atomic E-state index is 15.3. The van der Waals surface area contributed by atoms with Gasteiger partial charge in [0.05, 0.1) is 62.8 Å². The number of likely N-dealkylation sites (N-methyl/N-ethyl adjacent to an activating group) is 8. The van der Waals surface area contributed by atoms with E-state index in [2.05, 4.69) is 16.0 Å². The Balaban J connectivity index is 1.66. The van der Waals surface area contributed by atoms with Crippen LogP contribution >= 0.6 is 11.6 Å². The third kappa shape index (κ3) is 23.4. The van der Waals surface area contributed by atoms with E-state index in [-0.39, 0.29) is 44.0 Å². The first-order valence-corrected chi connectivity index (χ1v) is 35.9. The lowest BCUT2D eigenvalue weighted by atomic mass is 9.84. The molecule has 103 heavy (non-hydrogen) atoms. The lowest BCUT2D eigenvalue weighted by Crippen LogP contribution is -2.63. The SMILES string of the molecule is CCCOC[C@@H]1NC(=O)[C@H](CC(=O)N2CC(F)(F)C2)N(C)C(=O)[C@H](CCc2ccc(C(F)(F)F)c(Cl)c2)NC(=O)CN(C)C(=O)[C@H](CC2CCCCC2)N(C)C(=O)CN(C)C(=O)CN(C)C(=O)[C@H]([C@@H](C)CC)NC(=O)[C@H](C)N(C)C(=O)CC(C(=O)N2CCCCC2)N(C)C(=O)[C@H](C(C)C)N(C)C1=O. The first-order chi connectivity index (χ1) is 48.2. The van der Waals surface area contributed by atoms with Crippen molar-refractivity contribution < 1.29 is 89.0 Å². The maximum Gasteiger partial charge on any atom is 0.417 e. The fraction of sp³-hybridized carbons (Fsp3) is 0.729. The van der Waals surface area contributed by atoms with E-state index in [0.29, 0.717) is 38.5 Å². The molecule has 3 N–H and O–H groups in total. The summed E-state index contributed by atoms with van der Waals surface area (Å²) in [6, 6.07) is -9.49. The predicted octanol–water partition coefficient (Wildman–Crippen LogP) is 3.66. The minimum atomic E-state index is -4.85. The van der Waals surface area contributed by atoms with E-state index in [0.717, 1.165) is 95.0 Å². The second-order valence-electron chi connectivity index (χ2n) is 28.5. The van der Waals surface area contributed by atoms with Crippen LogP contribution < -0.4 is 16.0 Å². The number of carbonyl (C=O) groups excluding carboxylic acids is 13. The number of likely N-dealkylation sites (tertiary alicyclic amines) is 2. The Morgan fingerprint density at radius 2 is 1.23 bits per heavy atom. The lowest BCUT2D eigenvalue weighted by Gasteiger charge is -2.40. The molecule has 0 bridgehead atoms. The molecule has 578 valence electrons. The number of ether oxygens (including phenoxy) is 1. The average Bonchev–Trinajstić information content (AvgIpc) is 0.807. The van der Waals surface area contributed by atoms with Crippen molar-refractivity contribution in [1.82, 2.24) is 64.9 Å². The average molecular weight is 1490 g/mol. The summed E-state index contributed by atoms with van der Waals surface area (Å²) >= 11 is 6.12. The Morgan fingerprint density at radius 1 is 0.641 bits per heavy atom. The van der Waals surface area contributed by atoms with Crippen LogP contribution in [0.15, 0.2) is 18.2 Å². The first-order valence-electron chi connectivity index (χ1n) is 35.5. The summed E-state index contributed by atoms with van der Waals surface area (Å²) in [5.74, 6) is -15.9. The van der Waals surface area contributed by atoms with Gasteiger partial charge < -0.3 is 69.7 Å². The third-order valence-corrected chi connectivity index (χ3v) is 20.6. The molecule has 3 aliphatic heterocycles. The number of hydrogen-bond donors (Lipinski definition) is 3. The summed E-state index contributed by atoms with van der Waals surface area (Å²) in [5, 5.41) is 7.18. The van der Waals surface area contributed by atoms with E-state index in [4.69, 9.17) is 16.3 Å². The fourth-order valence-corrected chi connectivity index (χ4v) is 13.6. The van der Waals surface area contributed by atoms with Crippen LogP contribution in [0.25, 0.3) is 0 Å². The fourth-order valence-electron chi connectivity index (χ4n) is 13.3. The van der Waals surface area contributed by atoms with Crippen LogP contribution in [0.4, 0.5) is 22.0 Å². The first kappa shape index (κ1) is 85.9. The van der Waals surface area contributed by atoms with E-state index in [1.54, 1.807) is 34.6 Å². The topological polar surface area (TPSA) is 300 Å². The Morgan fingerprint density at radius 3 is 1.81 bits per heavy atom. The van der Waals surface area contributed by atoms with Crippen molar-refractivity contribution >= 4 is 88.4 Å². The van der Waals surface area contributed by atoms with Crippen LogP contribution in [0, 0.1) is 17.8 Å².